The molecule has 0 heterocycles. The molecule has 0 aromatic heterocycles. The van der Waals surface area contributed by atoms with Crippen molar-refractivity contribution < 1.29 is 31.9 Å². The van der Waals surface area contributed by atoms with Gasteiger partial charge >= 0.3 is 12.1 Å². The number of carbonyl (C=O) groups excluding carboxylic acids is 2. The third-order valence-corrected chi connectivity index (χ3v) is 5.38. The van der Waals surface area contributed by atoms with Crippen molar-refractivity contribution >= 4 is 40.5 Å². The Kier molecular flexibility index (Phi) is 6.24. The van der Waals surface area contributed by atoms with Crippen LogP contribution in [0.5, 0.6) is 0 Å². The molecule has 0 radical (unpaired) electrons. The van der Waals surface area contributed by atoms with E-state index >= 15 is 0 Å². The summed E-state index contributed by atoms with van der Waals surface area (Å²) in [5.41, 5.74) is -0.358. The predicted octanol–water partition coefficient (Wildman–Crippen LogP) is 6.24. The summed E-state index contributed by atoms with van der Waals surface area (Å²) in [6.45, 7) is 0. The number of fused-ring (bicyclic) bond motifs is 1. The number of ether oxygens (including phenoxy) is 1. The number of halogens is 6. The molecule has 0 fully saturated rings. The Morgan fingerprint density at radius 3 is 2.10 bits per heavy atom. The van der Waals surface area contributed by atoms with Gasteiger partial charge in [-0.1, -0.05) is 23.2 Å². The van der Waals surface area contributed by atoms with Gasteiger partial charge in [0.2, 0.25) is 0 Å². The SMILES string of the molecule is COC(=O)c1ccc(C(=O)/C=C(\c2cc(Cl)c(F)c(Cl)c2)C(F)(F)F)c2c1CCC2. The normalized spacial score (nSPS) is 13.9. The number of ketones is 1. The van der Waals surface area contributed by atoms with Crippen molar-refractivity contribution in [3.05, 3.63) is 74.0 Å². The smallest absolute Gasteiger partial charge is 0.417 e. The van der Waals surface area contributed by atoms with Crippen molar-refractivity contribution in [1.29, 1.82) is 0 Å². The lowest BCUT2D eigenvalue weighted by molar-refractivity contribution is -0.0689. The first-order chi connectivity index (χ1) is 14.0. The van der Waals surface area contributed by atoms with Gasteiger partial charge < -0.3 is 4.74 Å². The standard InChI is InChI=1S/C21H14Cl2F4O3/c1-30-20(29)14-6-5-13(11-3-2-4-12(11)14)18(28)9-15(21(25,26)27)10-7-16(22)19(24)17(23)8-10/h5-9H,2-4H2,1H3/b15-9+. The number of carbonyl (C=O) groups is 2. The number of rotatable bonds is 4. The molecule has 0 saturated carbocycles. The van der Waals surface area contributed by atoms with E-state index in [0.717, 1.165) is 12.1 Å². The van der Waals surface area contributed by atoms with Crippen LogP contribution in [0.3, 0.4) is 0 Å². The highest BCUT2D eigenvalue weighted by atomic mass is 35.5. The monoisotopic (exact) mass is 460 g/mol. The fourth-order valence-electron chi connectivity index (χ4n) is 3.49. The van der Waals surface area contributed by atoms with Gasteiger partial charge in [-0.25, -0.2) is 9.18 Å². The molecular weight excluding hydrogens is 447 g/mol. The third-order valence-electron chi connectivity index (χ3n) is 4.83. The number of hydrogen-bond donors (Lipinski definition) is 0. The first-order valence-corrected chi connectivity index (χ1v) is 9.51. The summed E-state index contributed by atoms with van der Waals surface area (Å²) >= 11 is 11.2. The number of methoxy groups -OCH3 is 1. The van der Waals surface area contributed by atoms with Crippen LogP contribution in [0.4, 0.5) is 17.6 Å². The summed E-state index contributed by atoms with van der Waals surface area (Å²) in [7, 11) is 1.22. The van der Waals surface area contributed by atoms with E-state index in [4.69, 9.17) is 27.9 Å². The van der Waals surface area contributed by atoms with Crippen LogP contribution in [0, 0.1) is 5.82 Å². The second-order valence-corrected chi connectivity index (χ2v) is 7.45. The van der Waals surface area contributed by atoms with E-state index in [2.05, 4.69) is 0 Å². The Balaban J connectivity index is 2.11. The molecule has 0 spiro atoms. The van der Waals surface area contributed by atoms with Crippen molar-refractivity contribution in [2.75, 3.05) is 7.11 Å². The van der Waals surface area contributed by atoms with E-state index in [1.165, 1.54) is 19.2 Å². The van der Waals surface area contributed by atoms with Crippen LogP contribution in [-0.4, -0.2) is 25.0 Å². The molecule has 0 atom stereocenters. The molecule has 0 N–H and O–H groups in total. The Hall–Kier alpha value is -2.38. The lowest BCUT2D eigenvalue weighted by atomic mass is 9.94. The van der Waals surface area contributed by atoms with E-state index < -0.39 is 44.9 Å². The molecule has 2 aromatic rings. The fraction of sp³-hybridized carbons (Fsp3) is 0.238. The summed E-state index contributed by atoms with van der Waals surface area (Å²) in [6, 6.07) is 4.21. The van der Waals surface area contributed by atoms with Crippen LogP contribution in [0.15, 0.2) is 30.3 Å². The van der Waals surface area contributed by atoms with E-state index in [0.29, 0.717) is 42.0 Å². The Labute approximate surface area is 179 Å². The van der Waals surface area contributed by atoms with Crippen molar-refractivity contribution in [1.82, 2.24) is 0 Å². The highest BCUT2D eigenvalue weighted by Crippen LogP contribution is 2.38. The molecule has 3 nitrogen and oxygen atoms in total. The number of hydrogen-bond acceptors (Lipinski definition) is 3. The molecule has 3 rings (SSSR count). The second kappa shape index (κ2) is 8.40. The number of allylic oxidation sites excluding steroid dienone is 2. The molecule has 0 aliphatic heterocycles. The molecule has 0 bridgehead atoms. The number of esters is 1. The van der Waals surface area contributed by atoms with Gasteiger partial charge in [0.15, 0.2) is 11.6 Å². The molecule has 0 amide bonds. The quantitative estimate of drug-likeness (QED) is 0.178. The molecule has 1 aliphatic rings. The molecule has 0 saturated heterocycles. The van der Waals surface area contributed by atoms with E-state index in [1.54, 1.807) is 0 Å². The van der Waals surface area contributed by atoms with Gasteiger partial charge in [-0.05, 0) is 66.3 Å². The minimum atomic E-state index is -4.92. The summed E-state index contributed by atoms with van der Waals surface area (Å²) in [5, 5.41) is -1.19. The van der Waals surface area contributed by atoms with Crippen molar-refractivity contribution in [2.24, 2.45) is 0 Å². The zero-order valence-electron chi connectivity index (χ0n) is 15.5. The van der Waals surface area contributed by atoms with Crippen LogP contribution in [0.25, 0.3) is 5.57 Å². The van der Waals surface area contributed by atoms with Gasteiger partial charge in [0.05, 0.1) is 28.3 Å². The summed E-state index contributed by atoms with van der Waals surface area (Å²) in [5.74, 6) is -2.52. The summed E-state index contributed by atoms with van der Waals surface area (Å²) in [6.07, 6.45) is -2.87. The van der Waals surface area contributed by atoms with Gasteiger partial charge in [0.1, 0.15) is 0 Å². The lowest BCUT2D eigenvalue weighted by Crippen LogP contribution is -2.14. The second-order valence-electron chi connectivity index (χ2n) is 6.64. The molecule has 0 unspecified atom stereocenters. The van der Waals surface area contributed by atoms with Gasteiger partial charge in [-0.15, -0.1) is 0 Å². The van der Waals surface area contributed by atoms with Gasteiger partial charge in [-0.2, -0.15) is 13.2 Å². The van der Waals surface area contributed by atoms with Crippen LogP contribution < -0.4 is 0 Å². The van der Waals surface area contributed by atoms with Gasteiger partial charge in [0.25, 0.3) is 0 Å². The first-order valence-electron chi connectivity index (χ1n) is 8.75. The average Bonchev–Trinajstić information content (AvgIpc) is 3.17. The zero-order valence-corrected chi connectivity index (χ0v) is 17.0. The number of benzene rings is 2. The average molecular weight is 461 g/mol. The summed E-state index contributed by atoms with van der Waals surface area (Å²) < 4.78 is 59.4. The van der Waals surface area contributed by atoms with Crippen LogP contribution in [-0.2, 0) is 17.6 Å². The Bertz CT molecular complexity index is 1050. The molecule has 30 heavy (non-hydrogen) atoms. The van der Waals surface area contributed by atoms with Crippen molar-refractivity contribution in [2.45, 2.75) is 25.4 Å². The molecule has 9 heteroatoms. The molecule has 158 valence electrons. The van der Waals surface area contributed by atoms with Crippen molar-refractivity contribution in [3.8, 4) is 0 Å². The minimum Gasteiger partial charge on any atom is -0.465 e. The maximum atomic E-state index is 13.7. The lowest BCUT2D eigenvalue weighted by Gasteiger charge is -2.14. The zero-order chi connectivity index (χ0) is 22.2. The predicted molar refractivity (Wildman–Crippen MR) is 105 cm³/mol. The maximum absolute atomic E-state index is 13.7. The molecule has 1 aliphatic carbocycles. The van der Waals surface area contributed by atoms with Crippen molar-refractivity contribution in [3.63, 3.8) is 0 Å². The van der Waals surface area contributed by atoms with Crippen LogP contribution >= 0.6 is 23.2 Å². The van der Waals surface area contributed by atoms with Crippen LogP contribution in [0.1, 0.15) is 43.8 Å². The summed E-state index contributed by atoms with van der Waals surface area (Å²) in [4.78, 5) is 24.7. The molecule has 2 aromatic carbocycles. The third kappa shape index (κ3) is 4.23. The Morgan fingerprint density at radius 1 is 1.03 bits per heavy atom. The molecular formula is C21H14Cl2F4O3. The number of alkyl halides is 3. The highest BCUT2D eigenvalue weighted by molar-refractivity contribution is 6.35. The van der Waals surface area contributed by atoms with Gasteiger partial charge in [0, 0.05) is 5.56 Å². The highest BCUT2D eigenvalue weighted by Gasteiger charge is 2.36. The van der Waals surface area contributed by atoms with E-state index in [1.807, 2.05) is 0 Å². The van der Waals surface area contributed by atoms with Gasteiger partial charge in [-0.3, -0.25) is 4.79 Å². The first kappa shape index (κ1) is 22.3. The van der Waals surface area contributed by atoms with E-state index in [-0.39, 0.29) is 5.56 Å². The maximum Gasteiger partial charge on any atom is 0.417 e. The van der Waals surface area contributed by atoms with E-state index in [9.17, 15) is 27.2 Å². The minimum absolute atomic E-state index is 0.0659. The Morgan fingerprint density at radius 2 is 1.57 bits per heavy atom. The largest absolute Gasteiger partial charge is 0.465 e. The topological polar surface area (TPSA) is 43.4 Å². The van der Waals surface area contributed by atoms with Crippen LogP contribution in [0.2, 0.25) is 10.0 Å². The fourth-order valence-corrected chi connectivity index (χ4v) is 3.97.